The van der Waals surface area contributed by atoms with Crippen molar-refractivity contribution < 1.29 is 0 Å². The number of aryl methyl sites for hydroxylation is 8. The van der Waals surface area contributed by atoms with E-state index in [4.69, 9.17) is 0 Å². The number of hydrogen-bond acceptors (Lipinski definition) is 3. The predicted octanol–water partition coefficient (Wildman–Crippen LogP) is 18.9. The summed E-state index contributed by atoms with van der Waals surface area (Å²) < 4.78 is 0. The first-order valence-corrected chi connectivity index (χ1v) is 24.0. The van der Waals surface area contributed by atoms with Crippen molar-refractivity contribution in [2.75, 3.05) is 14.7 Å². The van der Waals surface area contributed by atoms with Gasteiger partial charge in [0, 0.05) is 51.2 Å². The van der Waals surface area contributed by atoms with Crippen molar-refractivity contribution in [3.05, 3.63) is 267 Å². The quantitative estimate of drug-likeness (QED) is 0.107. The minimum absolute atomic E-state index is 1.10. The predicted molar refractivity (Wildman–Crippen MR) is 299 cm³/mol. The third-order valence-corrected chi connectivity index (χ3v) is 13.2. The fourth-order valence-electron chi connectivity index (χ4n) is 8.85. The van der Waals surface area contributed by atoms with Gasteiger partial charge in [-0.05, 0) is 209 Å². The normalized spacial score (nSPS) is 11.4. The summed E-state index contributed by atoms with van der Waals surface area (Å²) in [6.45, 7) is 17.3. The maximum atomic E-state index is 2.36. The second-order valence-electron chi connectivity index (χ2n) is 18.5. The van der Waals surface area contributed by atoms with Crippen LogP contribution in [0.5, 0.6) is 0 Å². The zero-order valence-electron chi connectivity index (χ0n) is 41.2. The molecule has 340 valence electrons. The molecule has 0 saturated heterocycles. The molecule has 0 unspecified atom stereocenters. The van der Waals surface area contributed by atoms with Crippen LogP contribution in [-0.4, -0.2) is 0 Å². The number of hydrogen-bond donors (Lipinski definition) is 0. The van der Waals surface area contributed by atoms with Crippen LogP contribution in [0.2, 0.25) is 0 Å². The molecule has 9 aromatic rings. The van der Waals surface area contributed by atoms with E-state index in [-0.39, 0.29) is 0 Å². The summed E-state index contributed by atoms with van der Waals surface area (Å²) in [4.78, 5) is 7.03. The van der Waals surface area contributed by atoms with Crippen molar-refractivity contribution in [3.8, 4) is 0 Å². The molecule has 0 amide bonds. The first kappa shape index (κ1) is 46.0. The summed E-state index contributed by atoms with van der Waals surface area (Å²) in [6, 6.07) is 73.0. The Bertz CT molecular complexity index is 3210. The monoisotopic (exact) mass is 895 g/mol. The van der Waals surface area contributed by atoms with Crippen molar-refractivity contribution in [2.45, 2.75) is 55.4 Å². The summed E-state index contributed by atoms with van der Waals surface area (Å²) in [5.41, 5.74) is 24.9. The summed E-state index contributed by atoms with van der Waals surface area (Å²) in [7, 11) is 0. The van der Waals surface area contributed by atoms with E-state index in [0.29, 0.717) is 0 Å². The second kappa shape index (κ2) is 20.4. The van der Waals surface area contributed by atoms with Crippen LogP contribution in [0.4, 0.5) is 51.2 Å². The maximum Gasteiger partial charge on any atom is 0.0490 e. The van der Waals surface area contributed by atoms with Gasteiger partial charge >= 0.3 is 0 Å². The van der Waals surface area contributed by atoms with E-state index in [9.17, 15) is 0 Å². The van der Waals surface area contributed by atoms with Gasteiger partial charge in [-0.1, -0.05) is 138 Å². The molecular formula is C66H61N3. The molecule has 0 aliphatic rings. The lowest BCUT2D eigenvalue weighted by Gasteiger charge is -2.27. The average Bonchev–Trinajstić information content (AvgIpc) is 3.36. The van der Waals surface area contributed by atoms with Crippen LogP contribution in [-0.2, 0) is 0 Å². The van der Waals surface area contributed by atoms with Gasteiger partial charge in [0.1, 0.15) is 0 Å². The highest BCUT2D eigenvalue weighted by molar-refractivity contribution is 5.83. The van der Waals surface area contributed by atoms with Crippen LogP contribution >= 0.6 is 0 Å². The van der Waals surface area contributed by atoms with Gasteiger partial charge in [0.2, 0.25) is 0 Å². The fraction of sp³-hybridized carbons (Fsp3) is 0.121. The number of nitrogens with zero attached hydrogens (tertiary/aromatic N) is 3. The zero-order valence-corrected chi connectivity index (χ0v) is 41.2. The third-order valence-electron chi connectivity index (χ3n) is 13.2. The van der Waals surface area contributed by atoms with E-state index in [2.05, 4.69) is 295 Å². The van der Waals surface area contributed by atoms with Gasteiger partial charge in [-0.15, -0.1) is 0 Å². The molecule has 69 heavy (non-hydrogen) atoms. The van der Waals surface area contributed by atoms with Crippen LogP contribution < -0.4 is 14.7 Å². The maximum absolute atomic E-state index is 2.36. The highest BCUT2D eigenvalue weighted by Gasteiger charge is 2.17. The van der Waals surface area contributed by atoms with Crippen LogP contribution in [0.1, 0.15) is 66.8 Å². The van der Waals surface area contributed by atoms with Gasteiger partial charge in [-0.2, -0.15) is 0 Å². The molecular weight excluding hydrogens is 835 g/mol. The van der Waals surface area contributed by atoms with E-state index in [1.165, 1.54) is 50.2 Å². The Morgan fingerprint density at radius 1 is 0.232 bits per heavy atom. The molecule has 0 aromatic heterocycles. The van der Waals surface area contributed by atoms with Crippen LogP contribution in [0, 0.1) is 55.4 Å². The average molecular weight is 896 g/mol. The molecule has 0 aliphatic heterocycles. The smallest absolute Gasteiger partial charge is 0.0490 e. The third kappa shape index (κ3) is 10.7. The number of benzene rings is 9. The Balaban J connectivity index is 0.936. The van der Waals surface area contributed by atoms with E-state index in [0.717, 1.165) is 67.8 Å². The molecule has 3 nitrogen and oxygen atoms in total. The molecule has 0 spiro atoms. The summed E-state index contributed by atoms with van der Waals surface area (Å²) in [5.74, 6) is 0. The lowest BCUT2D eigenvalue weighted by Crippen LogP contribution is -2.11. The number of rotatable bonds is 13. The molecule has 3 heteroatoms. The van der Waals surface area contributed by atoms with Gasteiger partial charge in [0.25, 0.3) is 0 Å². The van der Waals surface area contributed by atoms with E-state index >= 15 is 0 Å². The van der Waals surface area contributed by atoms with Gasteiger partial charge in [0.05, 0.1) is 0 Å². The topological polar surface area (TPSA) is 9.72 Å². The Morgan fingerprint density at radius 2 is 0.580 bits per heavy atom. The van der Waals surface area contributed by atoms with Crippen LogP contribution in [0.25, 0.3) is 24.3 Å². The Hall–Kier alpha value is -8.14. The van der Waals surface area contributed by atoms with E-state index < -0.39 is 0 Å². The highest BCUT2D eigenvalue weighted by atomic mass is 15.2. The molecule has 0 saturated carbocycles. The molecule has 0 fully saturated rings. The minimum Gasteiger partial charge on any atom is -0.311 e. The Morgan fingerprint density at radius 3 is 1.00 bits per heavy atom. The fourth-order valence-corrected chi connectivity index (χ4v) is 8.85. The van der Waals surface area contributed by atoms with Crippen LogP contribution in [0.3, 0.4) is 0 Å². The van der Waals surface area contributed by atoms with E-state index in [1.807, 2.05) is 0 Å². The molecule has 9 aromatic carbocycles. The first-order chi connectivity index (χ1) is 33.4. The zero-order chi connectivity index (χ0) is 48.0. The van der Waals surface area contributed by atoms with Crippen molar-refractivity contribution in [3.63, 3.8) is 0 Å². The van der Waals surface area contributed by atoms with Gasteiger partial charge in [-0.3, -0.25) is 0 Å². The van der Waals surface area contributed by atoms with Crippen molar-refractivity contribution in [1.29, 1.82) is 0 Å². The summed E-state index contributed by atoms with van der Waals surface area (Å²) >= 11 is 0. The molecule has 0 radical (unpaired) electrons. The Labute approximate surface area is 410 Å². The standard InChI is InChI=1S/C66H61N3/c1-46-12-29-58(30-13-46)67(59-35-23-54(24-36-59)19-20-55-27-39-62(40-28-55)69(61-31-14-47(2)15-32-61)66-41-16-48(3)42-53(66)8)60-37-25-56(26-38-60)21-22-57-10-9-11-63(45-57)68(64-33-17-49(4)51(6)43-64)65-34-18-50(5)52(7)44-65/h9-45H,1-8H3/b20-19+,22-21+. The van der Waals surface area contributed by atoms with Gasteiger partial charge in [0.15, 0.2) is 0 Å². The van der Waals surface area contributed by atoms with Crippen molar-refractivity contribution >= 4 is 75.5 Å². The SMILES string of the molecule is Cc1ccc(N(c2ccc(/C=C/c3ccc(N(c4ccc(C)cc4)c4ccc(C)cc4C)cc3)cc2)c2ccc(/C=C/c3cccc(N(c4ccc(C)c(C)c4)c4ccc(C)c(C)c4)c3)cc2)cc1. The van der Waals surface area contributed by atoms with Gasteiger partial charge < -0.3 is 14.7 Å². The molecule has 0 bridgehead atoms. The van der Waals surface area contributed by atoms with Crippen LogP contribution in [0.15, 0.2) is 200 Å². The summed E-state index contributed by atoms with van der Waals surface area (Å²) in [5, 5.41) is 0. The Kier molecular flexibility index (Phi) is 13.6. The largest absolute Gasteiger partial charge is 0.311 e. The molecule has 0 heterocycles. The van der Waals surface area contributed by atoms with E-state index in [1.54, 1.807) is 0 Å². The summed E-state index contributed by atoms with van der Waals surface area (Å²) in [6.07, 6.45) is 8.80. The number of anilines is 9. The molecule has 9 rings (SSSR count). The highest BCUT2D eigenvalue weighted by Crippen LogP contribution is 2.40. The lowest BCUT2D eigenvalue weighted by molar-refractivity contribution is 1.23. The van der Waals surface area contributed by atoms with Gasteiger partial charge in [-0.25, -0.2) is 0 Å². The second-order valence-corrected chi connectivity index (χ2v) is 18.5. The van der Waals surface area contributed by atoms with Crippen molar-refractivity contribution in [2.24, 2.45) is 0 Å². The van der Waals surface area contributed by atoms with Crippen molar-refractivity contribution in [1.82, 2.24) is 0 Å². The lowest BCUT2D eigenvalue weighted by atomic mass is 10.0. The molecule has 0 aliphatic carbocycles. The molecule has 0 atom stereocenters. The molecule has 0 N–H and O–H groups in total. The minimum atomic E-state index is 1.10. The first-order valence-electron chi connectivity index (χ1n) is 24.0.